The summed E-state index contributed by atoms with van der Waals surface area (Å²) in [6.45, 7) is 8.11. The van der Waals surface area contributed by atoms with E-state index in [0.717, 1.165) is 32.6 Å². The Kier molecular flexibility index (Phi) is 6.94. The van der Waals surface area contributed by atoms with Gasteiger partial charge in [-0.25, -0.2) is 0 Å². The summed E-state index contributed by atoms with van der Waals surface area (Å²) < 4.78 is 5.25. The van der Waals surface area contributed by atoms with Crippen molar-refractivity contribution in [3.63, 3.8) is 0 Å². The van der Waals surface area contributed by atoms with Crippen molar-refractivity contribution in [2.75, 3.05) is 19.8 Å². The molecule has 0 bridgehead atoms. The zero-order valence-corrected chi connectivity index (χ0v) is 7.23. The first-order valence-corrected chi connectivity index (χ1v) is 4.03. The van der Waals surface area contributed by atoms with E-state index in [2.05, 4.69) is 18.8 Å². The van der Waals surface area contributed by atoms with Gasteiger partial charge in [0.1, 0.15) is 0 Å². The fraction of sp³-hybridized carbons (Fsp3) is 0.750. The molecule has 0 fully saturated rings. The van der Waals surface area contributed by atoms with Crippen LogP contribution in [-0.4, -0.2) is 19.8 Å². The van der Waals surface area contributed by atoms with E-state index in [4.69, 9.17) is 10.5 Å². The molecule has 0 saturated carbocycles. The Morgan fingerprint density at radius 3 is 2.82 bits per heavy atom. The van der Waals surface area contributed by atoms with Crippen LogP contribution < -0.4 is 11.1 Å². The van der Waals surface area contributed by atoms with Crippen LogP contribution in [0.25, 0.3) is 0 Å². The lowest BCUT2D eigenvalue weighted by atomic mass is 10.4. The lowest BCUT2D eigenvalue weighted by molar-refractivity contribution is 0.133. The molecule has 0 aliphatic carbocycles. The van der Waals surface area contributed by atoms with Crippen molar-refractivity contribution in [1.82, 2.24) is 5.32 Å². The van der Waals surface area contributed by atoms with E-state index >= 15 is 0 Å². The van der Waals surface area contributed by atoms with E-state index in [-0.39, 0.29) is 0 Å². The minimum Gasteiger partial charge on any atom is -0.386 e. The fourth-order valence-corrected chi connectivity index (χ4v) is 0.670. The van der Waals surface area contributed by atoms with Crippen LogP contribution in [-0.2, 0) is 4.74 Å². The Bertz CT molecular complexity index is 104. The maximum atomic E-state index is 5.29. The van der Waals surface area contributed by atoms with Gasteiger partial charge in [0, 0.05) is 19.8 Å². The van der Waals surface area contributed by atoms with E-state index in [9.17, 15) is 0 Å². The van der Waals surface area contributed by atoms with Crippen LogP contribution in [0, 0.1) is 0 Å². The molecule has 66 valence electrons. The van der Waals surface area contributed by atoms with Gasteiger partial charge in [0.25, 0.3) is 0 Å². The average Bonchev–Trinajstić information content (AvgIpc) is 1.96. The maximum Gasteiger partial charge on any atom is 0.0885 e. The third-order valence-corrected chi connectivity index (χ3v) is 1.17. The third-order valence-electron chi connectivity index (χ3n) is 1.17. The highest BCUT2D eigenvalue weighted by atomic mass is 16.5. The topological polar surface area (TPSA) is 47.3 Å². The van der Waals surface area contributed by atoms with Crippen molar-refractivity contribution in [3.8, 4) is 0 Å². The molecular weight excluding hydrogens is 140 g/mol. The van der Waals surface area contributed by atoms with Gasteiger partial charge < -0.3 is 15.8 Å². The highest BCUT2D eigenvalue weighted by Crippen LogP contribution is 1.84. The number of nitrogens with two attached hydrogens (primary N) is 1. The number of nitrogens with one attached hydrogen (secondary N) is 1. The standard InChI is InChI=1S/C8H18N2O/c1-3-6-11-7-4-5-10-8(2)9/h10H,2-7,9H2,1H3. The summed E-state index contributed by atoms with van der Waals surface area (Å²) in [5.74, 6) is 0.528. The van der Waals surface area contributed by atoms with Gasteiger partial charge in [-0.1, -0.05) is 13.5 Å². The predicted octanol–water partition coefficient (Wildman–Crippen LogP) is 0.823. The summed E-state index contributed by atoms with van der Waals surface area (Å²) >= 11 is 0. The first-order chi connectivity index (χ1) is 5.27. The first-order valence-electron chi connectivity index (χ1n) is 4.03. The molecule has 0 aromatic heterocycles. The average molecular weight is 158 g/mol. The van der Waals surface area contributed by atoms with Crippen molar-refractivity contribution in [2.24, 2.45) is 5.73 Å². The van der Waals surface area contributed by atoms with Crippen LogP contribution in [0.3, 0.4) is 0 Å². The molecule has 0 aromatic rings. The molecule has 0 rings (SSSR count). The molecule has 0 aliphatic rings. The molecular formula is C8H18N2O. The molecule has 0 unspecified atom stereocenters. The lowest BCUT2D eigenvalue weighted by Crippen LogP contribution is -2.20. The summed E-state index contributed by atoms with van der Waals surface area (Å²) in [4.78, 5) is 0. The summed E-state index contributed by atoms with van der Waals surface area (Å²) in [5.41, 5.74) is 5.29. The van der Waals surface area contributed by atoms with Crippen LogP contribution in [0.1, 0.15) is 19.8 Å². The maximum absolute atomic E-state index is 5.29. The summed E-state index contributed by atoms with van der Waals surface area (Å²) in [5, 5.41) is 2.93. The highest BCUT2D eigenvalue weighted by Gasteiger charge is 1.87. The van der Waals surface area contributed by atoms with Crippen LogP contribution in [0.5, 0.6) is 0 Å². The normalized spacial score (nSPS) is 9.55. The van der Waals surface area contributed by atoms with Gasteiger partial charge in [0.15, 0.2) is 0 Å². The van der Waals surface area contributed by atoms with Crippen LogP contribution >= 0.6 is 0 Å². The molecule has 3 N–H and O–H groups in total. The SMILES string of the molecule is C=C(N)NCCCOCCC. The van der Waals surface area contributed by atoms with Crippen molar-refractivity contribution >= 4 is 0 Å². The summed E-state index contributed by atoms with van der Waals surface area (Å²) in [7, 11) is 0. The Morgan fingerprint density at radius 2 is 2.27 bits per heavy atom. The van der Waals surface area contributed by atoms with Crippen LogP contribution in [0.2, 0.25) is 0 Å². The Hall–Kier alpha value is -0.700. The van der Waals surface area contributed by atoms with Crippen molar-refractivity contribution in [2.45, 2.75) is 19.8 Å². The Morgan fingerprint density at radius 1 is 1.55 bits per heavy atom. The molecule has 11 heavy (non-hydrogen) atoms. The molecule has 3 nitrogen and oxygen atoms in total. The smallest absolute Gasteiger partial charge is 0.0885 e. The minimum atomic E-state index is 0.528. The Balaban J connectivity index is 2.85. The second-order valence-corrected chi connectivity index (χ2v) is 2.42. The van der Waals surface area contributed by atoms with Crippen molar-refractivity contribution in [3.05, 3.63) is 12.4 Å². The zero-order valence-electron chi connectivity index (χ0n) is 7.23. The third kappa shape index (κ3) is 9.30. The number of ether oxygens (including phenoxy) is 1. The molecule has 0 radical (unpaired) electrons. The van der Waals surface area contributed by atoms with E-state index in [0.29, 0.717) is 5.82 Å². The summed E-state index contributed by atoms with van der Waals surface area (Å²) in [6.07, 6.45) is 2.06. The molecule has 0 atom stereocenters. The van der Waals surface area contributed by atoms with Crippen molar-refractivity contribution < 1.29 is 4.74 Å². The van der Waals surface area contributed by atoms with Gasteiger partial charge >= 0.3 is 0 Å². The largest absolute Gasteiger partial charge is 0.386 e. The number of rotatable bonds is 7. The van der Waals surface area contributed by atoms with E-state index in [1.807, 2.05) is 0 Å². The molecule has 0 saturated heterocycles. The van der Waals surface area contributed by atoms with Gasteiger partial charge in [-0.15, -0.1) is 0 Å². The van der Waals surface area contributed by atoms with Gasteiger partial charge in [0.2, 0.25) is 0 Å². The summed E-state index contributed by atoms with van der Waals surface area (Å²) in [6, 6.07) is 0. The second-order valence-electron chi connectivity index (χ2n) is 2.42. The van der Waals surface area contributed by atoms with Crippen LogP contribution in [0.4, 0.5) is 0 Å². The van der Waals surface area contributed by atoms with E-state index in [1.165, 1.54) is 0 Å². The second kappa shape index (κ2) is 7.41. The zero-order chi connectivity index (χ0) is 8.53. The number of hydrogen-bond acceptors (Lipinski definition) is 3. The highest BCUT2D eigenvalue weighted by molar-refractivity contribution is 4.81. The monoisotopic (exact) mass is 158 g/mol. The molecule has 0 spiro atoms. The van der Waals surface area contributed by atoms with Gasteiger partial charge in [0.05, 0.1) is 5.82 Å². The molecule has 0 heterocycles. The van der Waals surface area contributed by atoms with E-state index < -0.39 is 0 Å². The Labute approximate surface area is 68.6 Å². The first kappa shape index (κ1) is 10.3. The molecule has 3 heteroatoms. The lowest BCUT2D eigenvalue weighted by Gasteiger charge is -2.04. The van der Waals surface area contributed by atoms with Crippen LogP contribution in [0.15, 0.2) is 12.4 Å². The van der Waals surface area contributed by atoms with Gasteiger partial charge in [-0.2, -0.15) is 0 Å². The minimum absolute atomic E-state index is 0.528. The number of hydrogen-bond donors (Lipinski definition) is 2. The van der Waals surface area contributed by atoms with E-state index in [1.54, 1.807) is 0 Å². The molecule has 0 aromatic carbocycles. The van der Waals surface area contributed by atoms with Crippen molar-refractivity contribution in [1.29, 1.82) is 0 Å². The van der Waals surface area contributed by atoms with Gasteiger partial charge in [-0.05, 0) is 12.8 Å². The fourth-order valence-electron chi connectivity index (χ4n) is 0.670. The predicted molar refractivity (Wildman–Crippen MR) is 47.1 cm³/mol. The molecule has 0 amide bonds. The van der Waals surface area contributed by atoms with Gasteiger partial charge in [-0.3, -0.25) is 0 Å². The molecule has 0 aliphatic heterocycles. The quantitative estimate of drug-likeness (QED) is 0.539.